The van der Waals surface area contributed by atoms with Crippen molar-refractivity contribution < 1.29 is 13.6 Å². The fourth-order valence-corrected chi connectivity index (χ4v) is 4.07. The second-order valence-corrected chi connectivity index (χ2v) is 7.53. The lowest BCUT2D eigenvalue weighted by Gasteiger charge is -2.30. The molecule has 134 valence electrons. The summed E-state index contributed by atoms with van der Waals surface area (Å²) in [5.41, 5.74) is 2.81. The quantitative estimate of drug-likeness (QED) is 0.672. The van der Waals surface area contributed by atoms with Crippen molar-refractivity contribution in [3.63, 3.8) is 0 Å². The second-order valence-electron chi connectivity index (χ2n) is 6.58. The Morgan fingerprint density at radius 2 is 2.23 bits per heavy atom. The van der Waals surface area contributed by atoms with Crippen molar-refractivity contribution >= 4 is 22.9 Å². The van der Waals surface area contributed by atoms with Crippen molar-refractivity contribution in [1.29, 1.82) is 0 Å². The Bertz CT molecular complexity index is 963. The van der Waals surface area contributed by atoms with Gasteiger partial charge in [0.15, 0.2) is 0 Å². The van der Waals surface area contributed by atoms with E-state index in [1.165, 1.54) is 17.4 Å². The molecule has 1 amide bonds. The third kappa shape index (κ3) is 3.05. The van der Waals surface area contributed by atoms with E-state index in [1.807, 2.05) is 30.5 Å². The van der Waals surface area contributed by atoms with Gasteiger partial charge < -0.3 is 9.32 Å². The van der Waals surface area contributed by atoms with Crippen LogP contribution in [-0.2, 0) is 17.6 Å². The highest BCUT2D eigenvalue weighted by atomic mass is 32.1. The molecule has 0 saturated carbocycles. The highest BCUT2D eigenvalue weighted by Gasteiger charge is 2.27. The first kappa shape index (κ1) is 17.0. The molecule has 4 rings (SSSR count). The van der Waals surface area contributed by atoms with E-state index in [-0.39, 0.29) is 18.1 Å². The molecule has 4 nitrogen and oxygen atoms in total. The molecule has 0 atom stereocenters. The number of carbonyl (C=O) groups excluding carboxylic acids is 1. The number of fused-ring (bicyclic) bond motifs is 1. The minimum atomic E-state index is -0.329. The lowest BCUT2D eigenvalue weighted by molar-refractivity contribution is -0.118. The fraction of sp³-hybridized carbons (Fsp3) is 0.300. The maximum absolute atomic E-state index is 14.5. The van der Waals surface area contributed by atoms with Gasteiger partial charge in [-0.05, 0) is 55.3 Å². The van der Waals surface area contributed by atoms with Crippen LogP contribution in [0.2, 0.25) is 0 Å². The summed E-state index contributed by atoms with van der Waals surface area (Å²) in [7, 11) is 0. The van der Waals surface area contributed by atoms with Crippen molar-refractivity contribution in [1.82, 2.24) is 4.98 Å². The number of thiophene rings is 1. The Kier molecular flexibility index (Phi) is 4.36. The molecule has 0 N–H and O–H groups in total. The predicted molar refractivity (Wildman–Crippen MR) is 100 cm³/mol. The van der Waals surface area contributed by atoms with Crippen LogP contribution in [0.1, 0.15) is 29.0 Å². The predicted octanol–water partition coefficient (Wildman–Crippen LogP) is 4.68. The molecule has 0 radical (unpaired) electrons. The van der Waals surface area contributed by atoms with Crippen molar-refractivity contribution in [3.8, 4) is 10.8 Å². The van der Waals surface area contributed by atoms with E-state index in [2.05, 4.69) is 4.98 Å². The summed E-state index contributed by atoms with van der Waals surface area (Å²) >= 11 is 1.54. The molecular formula is C20H19FN2O2S. The molecule has 2 aromatic heterocycles. The molecule has 0 aliphatic carbocycles. The van der Waals surface area contributed by atoms with Gasteiger partial charge in [0.1, 0.15) is 11.6 Å². The maximum Gasteiger partial charge on any atom is 0.236 e. The van der Waals surface area contributed by atoms with E-state index in [4.69, 9.17) is 4.42 Å². The highest BCUT2D eigenvalue weighted by Crippen LogP contribution is 2.32. The zero-order chi connectivity index (χ0) is 18.3. The third-order valence-corrected chi connectivity index (χ3v) is 5.49. The lowest BCUT2D eigenvalue weighted by Crippen LogP contribution is -2.37. The second kappa shape index (κ2) is 6.68. The first-order chi connectivity index (χ1) is 12.5. The minimum Gasteiger partial charge on any atom is -0.440 e. The Morgan fingerprint density at radius 3 is 3.00 bits per heavy atom. The van der Waals surface area contributed by atoms with Crippen molar-refractivity contribution in [2.24, 2.45) is 0 Å². The van der Waals surface area contributed by atoms with E-state index >= 15 is 0 Å². The molecule has 1 aliphatic rings. The zero-order valence-electron chi connectivity index (χ0n) is 14.7. The van der Waals surface area contributed by atoms with Gasteiger partial charge in [0.2, 0.25) is 11.8 Å². The normalized spacial score (nSPS) is 13.7. The largest absolute Gasteiger partial charge is 0.440 e. The molecule has 0 saturated heterocycles. The van der Waals surface area contributed by atoms with E-state index in [0.717, 1.165) is 28.8 Å². The van der Waals surface area contributed by atoms with Gasteiger partial charge in [-0.3, -0.25) is 4.79 Å². The first-order valence-electron chi connectivity index (χ1n) is 8.62. The highest BCUT2D eigenvalue weighted by molar-refractivity contribution is 7.13. The van der Waals surface area contributed by atoms with Gasteiger partial charge in [0.25, 0.3) is 0 Å². The SMILES string of the molecule is Cc1cc(F)c2c(c1)CCCN2C(=O)Cc1nc(-c2cccs2)oc1C. The molecule has 0 fully saturated rings. The summed E-state index contributed by atoms with van der Waals surface area (Å²) in [6.07, 6.45) is 1.73. The monoisotopic (exact) mass is 370 g/mol. The van der Waals surface area contributed by atoms with Crippen LogP contribution in [0.3, 0.4) is 0 Å². The Labute approximate surface area is 155 Å². The topological polar surface area (TPSA) is 46.3 Å². The van der Waals surface area contributed by atoms with E-state index in [0.29, 0.717) is 29.6 Å². The summed E-state index contributed by atoms with van der Waals surface area (Å²) < 4.78 is 20.2. The number of oxazole rings is 1. The number of halogens is 1. The van der Waals surface area contributed by atoms with Gasteiger partial charge in [-0.15, -0.1) is 11.3 Å². The number of amides is 1. The van der Waals surface area contributed by atoms with Crippen LogP contribution in [0.5, 0.6) is 0 Å². The number of hydrogen-bond donors (Lipinski definition) is 0. The van der Waals surface area contributed by atoms with Crippen LogP contribution in [0.15, 0.2) is 34.1 Å². The van der Waals surface area contributed by atoms with Crippen LogP contribution in [0.4, 0.5) is 10.1 Å². The van der Waals surface area contributed by atoms with Crippen LogP contribution < -0.4 is 4.90 Å². The van der Waals surface area contributed by atoms with Crippen molar-refractivity contribution in [3.05, 3.63) is 58.0 Å². The number of rotatable bonds is 3. The van der Waals surface area contributed by atoms with Gasteiger partial charge in [-0.2, -0.15) is 0 Å². The van der Waals surface area contributed by atoms with Gasteiger partial charge in [-0.25, -0.2) is 9.37 Å². The summed E-state index contributed by atoms with van der Waals surface area (Å²) in [6.45, 7) is 4.20. The minimum absolute atomic E-state index is 0.105. The molecular weight excluding hydrogens is 351 g/mol. The molecule has 3 heterocycles. The lowest BCUT2D eigenvalue weighted by atomic mass is 9.98. The van der Waals surface area contributed by atoms with Gasteiger partial charge >= 0.3 is 0 Å². The number of carbonyl (C=O) groups is 1. The van der Waals surface area contributed by atoms with E-state index < -0.39 is 0 Å². The Hall–Kier alpha value is -2.47. The van der Waals surface area contributed by atoms with Crippen LogP contribution in [0.25, 0.3) is 10.8 Å². The number of anilines is 1. The number of nitrogens with zero attached hydrogens (tertiary/aromatic N) is 2. The average molecular weight is 370 g/mol. The van der Waals surface area contributed by atoms with Crippen LogP contribution >= 0.6 is 11.3 Å². The molecule has 1 aromatic carbocycles. The van der Waals surface area contributed by atoms with Crippen molar-refractivity contribution in [2.45, 2.75) is 33.1 Å². The summed E-state index contributed by atoms with van der Waals surface area (Å²) in [5, 5.41) is 1.95. The van der Waals surface area contributed by atoms with Gasteiger partial charge in [0.05, 0.1) is 22.7 Å². The van der Waals surface area contributed by atoms with Gasteiger partial charge in [0, 0.05) is 6.54 Å². The summed E-state index contributed by atoms with van der Waals surface area (Å²) in [4.78, 5) is 19.9. The Balaban J connectivity index is 1.61. The number of aromatic nitrogens is 1. The standard InChI is InChI=1S/C20H19FN2O2S/c1-12-9-14-5-3-7-23(19(14)15(21)10-12)18(24)11-16-13(2)25-20(22-16)17-6-4-8-26-17/h4,6,8-10H,3,5,7,11H2,1-2H3. The smallest absolute Gasteiger partial charge is 0.236 e. The van der Waals surface area contributed by atoms with Crippen molar-refractivity contribution in [2.75, 3.05) is 11.4 Å². The fourth-order valence-electron chi connectivity index (χ4n) is 3.42. The summed E-state index contributed by atoms with van der Waals surface area (Å²) in [5.74, 6) is 0.677. The molecule has 0 spiro atoms. The summed E-state index contributed by atoms with van der Waals surface area (Å²) in [6, 6.07) is 7.31. The molecule has 1 aliphatic heterocycles. The van der Waals surface area contributed by atoms with Crippen LogP contribution in [-0.4, -0.2) is 17.4 Å². The first-order valence-corrected chi connectivity index (χ1v) is 9.50. The zero-order valence-corrected chi connectivity index (χ0v) is 15.5. The number of benzene rings is 1. The molecule has 6 heteroatoms. The Morgan fingerprint density at radius 1 is 1.38 bits per heavy atom. The molecule has 0 unspecified atom stereocenters. The van der Waals surface area contributed by atoms with Crippen LogP contribution in [0, 0.1) is 19.7 Å². The number of hydrogen-bond acceptors (Lipinski definition) is 4. The number of aryl methyl sites for hydroxylation is 3. The maximum atomic E-state index is 14.5. The van der Waals surface area contributed by atoms with Gasteiger partial charge in [-0.1, -0.05) is 12.1 Å². The van der Waals surface area contributed by atoms with E-state index in [1.54, 1.807) is 11.8 Å². The third-order valence-electron chi connectivity index (χ3n) is 4.63. The van der Waals surface area contributed by atoms with E-state index in [9.17, 15) is 9.18 Å². The molecule has 0 bridgehead atoms. The average Bonchev–Trinajstić information content (AvgIpc) is 3.24. The molecule has 3 aromatic rings. The molecule has 26 heavy (non-hydrogen) atoms.